The van der Waals surface area contributed by atoms with Crippen LogP contribution < -0.4 is 0 Å². The van der Waals surface area contributed by atoms with Crippen molar-refractivity contribution in [3.8, 4) is 0 Å². The van der Waals surface area contributed by atoms with Crippen molar-refractivity contribution < 1.29 is 0 Å². The van der Waals surface area contributed by atoms with E-state index in [2.05, 4.69) is 40.7 Å². The van der Waals surface area contributed by atoms with Crippen LogP contribution in [0.4, 0.5) is 0 Å². The van der Waals surface area contributed by atoms with E-state index in [1.165, 1.54) is 11.8 Å². The van der Waals surface area contributed by atoms with E-state index in [0.29, 0.717) is 5.15 Å². The lowest BCUT2D eigenvalue weighted by Crippen LogP contribution is -2.17. The van der Waals surface area contributed by atoms with Gasteiger partial charge in [-0.1, -0.05) is 32.4 Å². The third-order valence-electron chi connectivity index (χ3n) is 2.45. The molecule has 0 unspecified atom stereocenters. The molecule has 2 aromatic heterocycles. The summed E-state index contributed by atoms with van der Waals surface area (Å²) in [6, 6.07) is 0. The second-order valence-electron chi connectivity index (χ2n) is 5.16. The van der Waals surface area contributed by atoms with Gasteiger partial charge in [0.2, 0.25) is 0 Å². The van der Waals surface area contributed by atoms with Gasteiger partial charge in [0.1, 0.15) is 21.0 Å². The van der Waals surface area contributed by atoms with Gasteiger partial charge in [-0.3, -0.25) is 4.98 Å². The van der Waals surface area contributed by atoms with E-state index in [4.69, 9.17) is 11.6 Å². The minimum Gasteiger partial charge on any atom is -0.260 e. The summed E-state index contributed by atoms with van der Waals surface area (Å²) in [6.07, 6.45) is 5.01. The Kier molecular flexibility index (Phi) is 4.06. The fourth-order valence-corrected chi connectivity index (χ4v) is 2.37. The number of halogens is 1. The second kappa shape index (κ2) is 5.43. The third-order valence-corrected chi connectivity index (χ3v) is 3.83. The van der Waals surface area contributed by atoms with E-state index < -0.39 is 0 Å². The SMILES string of the molecule is Cc1c(Cl)nc(C(C)(C)C)nc1Sc1cnccn1. The highest BCUT2D eigenvalue weighted by molar-refractivity contribution is 7.99. The Morgan fingerprint density at radius 1 is 1.16 bits per heavy atom. The molecule has 2 heterocycles. The van der Waals surface area contributed by atoms with Gasteiger partial charge in [0.25, 0.3) is 0 Å². The molecule has 0 N–H and O–H groups in total. The molecule has 0 amide bonds. The first-order valence-electron chi connectivity index (χ1n) is 5.86. The van der Waals surface area contributed by atoms with Crippen molar-refractivity contribution in [2.75, 3.05) is 0 Å². The molecule has 0 aliphatic carbocycles. The Balaban J connectivity index is 2.42. The van der Waals surface area contributed by atoms with Gasteiger partial charge >= 0.3 is 0 Å². The van der Waals surface area contributed by atoms with Crippen LogP contribution in [0.5, 0.6) is 0 Å². The largest absolute Gasteiger partial charge is 0.260 e. The van der Waals surface area contributed by atoms with Gasteiger partial charge in [-0.15, -0.1) is 0 Å². The van der Waals surface area contributed by atoms with Crippen molar-refractivity contribution in [1.82, 2.24) is 19.9 Å². The lowest BCUT2D eigenvalue weighted by atomic mass is 9.96. The Bertz CT molecular complexity index is 581. The standard InChI is InChI=1S/C13H15ClN4S/c1-8-10(14)17-12(13(2,3)4)18-11(8)19-9-7-15-5-6-16-9/h5-7H,1-4H3. The minimum atomic E-state index is -0.144. The predicted octanol–water partition coefficient (Wildman–Crippen LogP) is 3.68. The Morgan fingerprint density at radius 3 is 2.47 bits per heavy atom. The lowest BCUT2D eigenvalue weighted by molar-refractivity contribution is 0.537. The maximum Gasteiger partial charge on any atom is 0.136 e. The van der Waals surface area contributed by atoms with Crippen LogP contribution in [-0.2, 0) is 5.41 Å². The summed E-state index contributed by atoms with van der Waals surface area (Å²) in [6.45, 7) is 8.09. The number of hydrogen-bond donors (Lipinski definition) is 0. The average Bonchev–Trinajstić information content (AvgIpc) is 2.34. The number of hydrogen-bond acceptors (Lipinski definition) is 5. The average molecular weight is 295 g/mol. The zero-order valence-corrected chi connectivity index (χ0v) is 12.9. The maximum atomic E-state index is 6.19. The normalized spacial score (nSPS) is 11.6. The van der Waals surface area contributed by atoms with Crippen LogP contribution >= 0.6 is 23.4 Å². The van der Waals surface area contributed by atoms with Gasteiger partial charge in [0.15, 0.2) is 0 Å². The van der Waals surface area contributed by atoms with Crippen molar-refractivity contribution in [3.05, 3.63) is 35.1 Å². The first-order chi connectivity index (χ1) is 8.88. The van der Waals surface area contributed by atoms with Gasteiger partial charge in [-0.25, -0.2) is 15.0 Å². The number of rotatable bonds is 2. The van der Waals surface area contributed by atoms with Crippen molar-refractivity contribution in [3.63, 3.8) is 0 Å². The van der Waals surface area contributed by atoms with Crippen LogP contribution in [0.2, 0.25) is 5.15 Å². The van der Waals surface area contributed by atoms with E-state index >= 15 is 0 Å². The van der Waals surface area contributed by atoms with Crippen molar-refractivity contribution in [2.24, 2.45) is 0 Å². The van der Waals surface area contributed by atoms with Crippen molar-refractivity contribution in [1.29, 1.82) is 0 Å². The molecule has 0 aliphatic rings. The molecule has 0 fully saturated rings. The fraction of sp³-hybridized carbons (Fsp3) is 0.385. The summed E-state index contributed by atoms with van der Waals surface area (Å²) < 4.78 is 0. The summed E-state index contributed by atoms with van der Waals surface area (Å²) in [7, 11) is 0. The molecule has 0 bridgehead atoms. The van der Waals surface area contributed by atoms with Gasteiger partial charge < -0.3 is 0 Å². The van der Waals surface area contributed by atoms with E-state index in [1.807, 2.05) is 6.92 Å². The Hall–Kier alpha value is -1.20. The quantitative estimate of drug-likeness (QED) is 0.791. The zero-order chi connectivity index (χ0) is 14.0. The zero-order valence-electron chi connectivity index (χ0n) is 11.3. The highest BCUT2D eigenvalue weighted by atomic mass is 35.5. The Morgan fingerprint density at radius 2 is 1.89 bits per heavy atom. The van der Waals surface area contributed by atoms with Crippen LogP contribution in [0.25, 0.3) is 0 Å². The predicted molar refractivity (Wildman–Crippen MR) is 76.6 cm³/mol. The lowest BCUT2D eigenvalue weighted by Gasteiger charge is -2.18. The Labute approximate surface area is 122 Å². The van der Waals surface area contributed by atoms with Crippen LogP contribution in [0, 0.1) is 6.92 Å². The molecule has 4 nitrogen and oxygen atoms in total. The summed E-state index contributed by atoms with van der Waals surface area (Å²) in [5.41, 5.74) is 0.722. The molecular formula is C13H15ClN4S. The molecule has 0 atom stereocenters. The molecule has 0 aromatic carbocycles. The molecule has 19 heavy (non-hydrogen) atoms. The number of aromatic nitrogens is 4. The van der Waals surface area contributed by atoms with Gasteiger partial charge in [0, 0.05) is 23.4 Å². The van der Waals surface area contributed by atoms with E-state index in [-0.39, 0.29) is 5.41 Å². The first-order valence-corrected chi connectivity index (χ1v) is 7.06. The summed E-state index contributed by atoms with van der Waals surface area (Å²) in [5, 5.41) is 2.11. The third kappa shape index (κ3) is 3.42. The molecule has 0 radical (unpaired) electrons. The molecule has 0 saturated carbocycles. The molecule has 2 aromatic rings. The summed E-state index contributed by atoms with van der Waals surface area (Å²) >= 11 is 7.64. The molecule has 0 saturated heterocycles. The molecule has 100 valence electrons. The van der Waals surface area contributed by atoms with Crippen LogP contribution in [0.3, 0.4) is 0 Å². The monoisotopic (exact) mass is 294 g/mol. The van der Waals surface area contributed by atoms with Gasteiger partial charge in [0.05, 0.1) is 6.20 Å². The first kappa shape index (κ1) is 14.2. The van der Waals surface area contributed by atoms with Crippen LogP contribution in [-0.4, -0.2) is 19.9 Å². The summed E-state index contributed by atoms with van der Waals surface area (Å²) in [4.78, 5) is 17.2. The van der Waals surface area contributed by atoms with E-state index in [0.717, 1.165) is 21.4 Å². The number of nitrogens with zero attached hydrogens (tertiary/aromatic N) is 4. The topological polar surface area (TPSA) is 51.6 Å². The maximum absolute atomic E-state index is 6.19. The molecule has 0 aliphatic heterocycles. The second-order valence-corrected chi connectivity index (χ2v) is 6.53. The van der Waals surface area contributed by atoms with Gasteiger partial charge in [-0.05, 0) is 18.7 Å². The van der Waals surface area contributed by atoms with Crippen molar-refractivity contribution in [2.45, 2.75) is 43.2 Å². The van der Waals surface area contributed by atoms with Crippen LogP contribution in [0.1, 0.15) is 32.2 Å². The summed E-state index contributed by atoms with van der Waals surface area (Å²) in [5.74, 6) is 0.731. The highest BCUT2D eigenvalue weighted by Gasteiger charge is 2.21. The smallest absolute Gasteiger partial charge is 0.136 e. The van der Waals surface area contributed by atoms with Crippen molar-refractivity contribution >= 4 is 23.4 Å². The molecule has 6 heteroatoms. The molecule has 0 spiro atoms. The molecular weight excluding hydrogens is 280 g/mol. The van der Waals surface area contributed by atoms with Crippen LogP contribution in [0.15, 0.2) is 28.6 Å². The minimum absolute atomic E-state index is 0.144. The van der Waals surface area contributed by atoms with E-state index in [9.17, 15) is 0 Å². The molecule has 2 rings (SSSR count). The fourth-order valence-electron chi connectivity index (χ4n) is 1.34. The van der Waals surface area contributed by atoms with E-state index in [1.54, 1.807) is 18.6 Å². The highest BCUT2D eigenvalue weighted by Crippen LogP contribution is 2.31. The van der Waals surface area contributed by atoms with Gasteiger partial charge in [-0.2, -0.15) is 0 Å².